The molecule has 1 aliphatic heterocycles. The first kappa shape index (κ1) is 24.6. The summed E-state index contributed by atoms with van der Waals surface area (Å²) >= 11 is 1.70. The minimum atomic E-state index is -0.140. The Hall–Kier alpha value is -1.68. The molecule has 2 aromatic rings. The molecule has 0 bridgehead atoms. The van der Waals surface area contributed by atoms with E-state index >= 15 is 0 Å². The first-order valence-corrected chi connectivity index (χ1v) is 11.1. The van der Waals surface area contributed by atoms with Crippen molar-refractivity contribution in [3.05, 3.63) is 52.0 Å². The molecule has 1 aromatic heterocycles. The van der Waals surface area contributed by atoms with E-state index in [2.05, 4.69) is 53.7 Å². The molecule has 2 unspecified atom stereocenters. The van der Waals surface area contributed by atoms with Crippen LogP contribution in [-0.2, 0) is 28.9 Å². The van der Waals surface area contributed by atoms with Crippen LogP contribution in [0.1, 0.15) is 30.1 Å². The predicted octanol–water partition coefficient (Wildman–Crippen LogP) is 3.75. The number of hydrogen-bond acceptors (Lipinski definition) is 5. The lowest BCUT2D eigenvalue weighted by molar-refractivity contribution is -0.145. The fourth-order valence-corrected chi connectivity index (χ4v) is 4.40. The molecule has 0 spiro atoms. The normalized spacial score (nSPS) is 18.8. The summed E-state index contributed by atoms with van der Waals surface area (Å²) in [6.45, 7) is 6.90. The van der Waals surface area contributed by atoms with Gasteiger partial charge in [-0.1, -0.05) is 37.3 Å². The topological polar surface area (TPSA) is 66.8 Å². The predicted molar refractivity (Wildman–Crippen MR) is 132 cm³/mol. The molecule has 0 amide bonds. The molecule has 0 saturated carbocycles. The number of esters is 1. The third-order valence-electron chi connectivity index (χ3n) is 5.21. The van der Waals surface area contributed by atoms with Gasteiger partial charge in [0.1, 0.15) is 0 Å². The van der Waals surface area contributed by atoms with Gasteiger partial charge in [-0.15, -0.1) is 35.3 Å². The highest BCUT2D eigenvalue weighted by Gasteiger charge is 2.36. The Bertz CT molecular complexity index is 828. The number of nitrogens with one attached hydrogen (secondary N) is 1. The zero-order valence-electron chi connectivity index (χ0n) is 17.8. The minimum Gasteiger partial charge on any atom is -0.469 e. The number of halogens is 1. The molecule has 2 heterocycles. The van der Waals surface area contributed by atoms with E-state index in [0.717, 1.165) is 42.6 Å². The highest BCUT2D eigenvalue weighted by Crippen LogP contribution is 2.24. The summed E-state index contributed by atoms with van der Waals surface area (Å²) in [5.41, 5.74) is 2.32. The van der Waals surface area contributed by atoms with E-state index in [4.69, 9.17) is 14.7 Å². The van der Waals surface area contributed by atoms with Gasteiger partial charge >= 0.3 is 5.97 Å². The fraction of sp³-hybridized carbons (Fsp3) is 0.500. The number of nitrogens with zero attached hydrogens (tertiary/aromatic N) is 3. The third-order valence-corrected chi connectivity index (χ3v) is 6.17. The SMILES string of the molecule is CCNC(=NCc1csc(CCc2ccccc2)n1)N1CC(C)C(C(=O)OC)C1.I. The van der Waals surface area contributed by atoms with Crippen LogP contribution >= 0.6 is 35.3 Å². The van der Waals surface area contributed by atoms with Crippen LogP contribution < -0.4 is 5.32 Å². The maximum Gasteiger partial charge on any atom is 0.310 e. The summed E-state index contributed by atoms with van der Waals surface area (Å²) in [4.78, 5) is 23.7. The number of guanidine groups is 1. The highest BCUT2D eigenvalue weighted by atomic mass is 127. The number of likely N-dealkylation sites (tertiary alicyclic amines) is 1. The van der Waals surface area contributed by atoms with Gasteiger partial charge in [0.2, 0.25) is 0 Å². The molecular formula is C22H31IN4O2S. The minimum absolute atomic E-state index is 0. The first-order chi connectivity index (χ1) is 14.1. The van der Waals surface area contributed by atoms with Crippen molar-refractivity contribution in [2.45, 2.75) is 33.2 Å². The van der Waals surface area contributed by atoms with Crippen LogP contribution in [0.25, 0.3) is 0 Å². The molecule has 6 nitrogen and oxygen atoms in total. The molecule has 1 aliphatic rings. The van der Waals surface area contributed by atoms with E-state index in [1.165, 1.54) is 12.7 Å². The summed E-state index contributed by atoms with van der Waals surface area (Å²) in [6.07, 6.45) is 1.95. The Balaban J connectivity index is 0.00000320. The summed E-state index contributed by atoms with van der Waals surface area (Å²) < 4.78 is 4.95. The largest absolute Gasteiger partial charge is 0.469 e. The van der Waals surface area contributed by atoms with Gasteiger partial charge in [-0.2, -0.15) is 0 Å². The third kappa shape index (κ3) is 6.66. The average molecular weight is 542 g/mol. The van der Waals surface area contributed by atoms with Crippen LogP contribution in [-0.4, -0.2) is 48.6 Å². The number of hydrogen-bond donors (Lipinski definition) is 1. The lowest BCUT2D eigenvalue weighted by Gasteiger charge is -2.21. The second-order valence-electron chi connectivity index (χ2n) is 7.40. The van der Waals surface area contributed by atoms with Crippen LogP contribution in [0.15, 0.2) is 40.7 Å². The van der Waals surface area contributed by atoms with Crippen LogP contribution in [0, 0.1) is 11.8 Å². The second-order valence-corrected chi connectivity index (χ2v) is 8.34. The Kier molecular flexibility index (Phi) is 10.0. The molecular weight excluding hydrogens is 511 g/mol. The van der Waals surface area contributed by atoms with E-state index in [-0.39, 0.29) is 41.8 Å². The summed E-state index contributed by atoms with van der Waals surface area (Å²) in [5.74, 6) is 0.839. The van der Waals surface area contributed by atoms with E-state index in [0.29, 0.717) is 13.1 Å². The number of benzene rings is 1. The number of thiazole rings is 1. The smallest absolute Gasteiger partial charge is 0.310 e. The van der Waals surface area contributed by atoms with Gasteiger partial charge in [0.05, 0.1) is 30.3 Å². The van der Waals surface area contributed by atoms with Gasteiger partial charge in [-0.3, -0.25) is 4.79 Å². The maximum atomic E-state index is 12.0. The van der Waals surface area contributed by atoms with Crippen molar-refractivity contribution in [1.29, 1.82) is 0 Å². The maximum absolute atomic E-state index is 12.0. The van der Waals surface area contributed by atoms with Gasteiger partial charge in [-0.05, 0) is 24.8 Å². The molecule has 1 aromatic carbocycles. The molecule has 30 heavy (non-hydrogen) atoms. The lowest BCUT2D eigenvalue weighted by atomic mass is 9.99. The van der Waals surface area contributed by atoms with Gasteiger partial charge in [0, 0.05) is 31.4 Å². The number of ether oxygens (including phenoxy) is 1. The Morgan fingerprint density at radius 3 is 2.77 bits per heavy atom. The van der Waals surface area contributed by atoms with Crippen molar-refractivity contribution in [3.63, 3.8) is 0 Å². The van der Waals surface area contributed by atoms with Crippen LogP contribution in [0.3, 0.4) is 0 Å². The van der Waals surface area contributed by atoms with Crippen molar-refractivity contribution in [3.8, 4) is 0 Å². The summed E-state index contributed by atoms with van der Waals surface area (Å²) in [6, 6.07) is 10.5. The van der Waals surface area contributed by atoms with Gasteiger partial charge in [0.25, 0.3) is 0 Å². The number of aryl methyl sites for hydroxylation is 2. The average Bonchev–Trinajstić information content (AvgIpc) is 3.36. The zero-order chi connectivity index (χ0) is 20.6. The van der Waals surface area contributed by atoms with Crippen molar-refractivity contribution in [1.82, 2.24) is 15.2 Å². The number of rotatable bonds is 7. The van der Waals surface area contributed by atoms with Crippen molar-refractivity contribution in [2.24, 2.45) is 16.8 Å². The Morgan fingerprint density at radius 2 is 2.07 bits per heavy atom. The standard InChI is InChI=1S/C22H30N4O2S.HI/c1-4-23-22(26-13-16(2)19(14-26)21(27)28-3)24-12-18-15-29-20(25-18)11-10-17-8-6-5-7-9-17;/h5-9,15-16,19H,4,10-14H2,1-3H3,(H,23,24);1H. The molecule has 8 heteroatoms. The molecule has 1 N–H and O–H groups in total. The molecule has 1 fully saturated rings. The fourth-order valence-electron chi connectivity index (χ4n) is 3.61. The van der Waals surface area contributed by atoms with E-state index < -0.39 is 0 Å². The summed E-state index contributed by atoms with van der Waals surface area (Å²) in [5, 5.41) is 6.58. The molecule has 2 atom stereocenters. The van der Waals surface area contributed by atoms with Crippen molar-refractivity contribution < 1.29 is 9.53 Å². The van der Waals surface area contributed by atoms with Crippen LogP contribution in [0.4, 0.5) is 0 Å². The van der Waals surface area contributed by atoms with E-state index in [9.17, 15) is 4.79 Å². The Morgan fingerprint density at radius 1 is 1.30 bits per heavy atom. The molecule has 1 saturated heterocycles. The van der Waals surface area contributed by atoms with Gasteiger partial charge in [0.15, 0.2) is 5.96 Å². The molecule has 3 rings (SSSR count). The molecule has 0 radical (unpaired) electrons. The van der Waals surface area contributed by atoms with Crippen molar-refractivity contribution in [2.75, 3.05) is 26.7 Å². The quantitative estimate of drug-likeness (QED) is 0.250. The summed E-state index contributed by atoms with van der Waals surface area (Å²) in [7, 11) is 1.45. The number of carbonyl (C=O) groups is 1. The van der Waals surface area contributed by atoms with E-state index in [1.807, 2.05) is 6.07 Å². The molecule has 0 aliphatic carbocycles. The van der Waals surface area contributed by atoms with E-state index in [1.54, 1.807) is 11.3 Å². The number of methoxy groups -OCH3 is 1. The van der Waals surface area contributed by atoms with Gasteiger partial charge < -0.3 is 15.0 Å². The zero-order valence-corrected chi connectivity index (χ0v) is 21.0. The van der Waals surface area contributed by atoms with Crippen LogP contribution in [0.5, 0.6) is 0 Å². The monoisotopic (exact) mass is 542 g/mol. The second kappa shape index (κ2) is 12.2. The first-order valence-electron chi connectivity index (χ1n) is 10.2. The lowest BCUT2D eigenvalue weighted by Crippen LogP contribution is -2.40. The van der Waals surface area contributed by atoms with Gasteiger partial charge in [-0.25, -0.2) is 9.98 Å². The van der Waals surface area contributed by atoms with Crippen LogP contribution in [0.2, 0.25) is 0 Å². The Labute approximate surface area is 200 Å². The highest BCUT2D eigenvalue weighted by molar-refractivity contribution is 14.0. The number of carbonyl (C=O) groups excluding carboxylic acids is 1. The van der Waals surface area contributed by atoms with Crippen molar-refractivity contribution >= 4 is 47.2 Å². The number of aliphatic imine (C=N–C) groups is 1. The molecule has 164 valence electrons. The number of aromatic nitrogens is 1.